The molecule has 2 aromatic rings. The maximum atomic E-state index is 6.15. The minimum atomic E-state index is 0.765. The molecule has 0 spiro atoms. The van der Waals surface area contributed by atoms with Crippen molar-refractivity contribution in [1.82, 2.24) is 5.32 Å². The molecule has 90 valence electrons. The molecule has 0 radical (unpaired) electrons. The maximum Gasteiger partial charge on any atom is 0.148 e. The van der Waals surface area contributed by atoms with Crippen LogP contribution in [0.3, 0.4) is 0 Å². The lowest BCUT2D eigenvalue weighted by atomic mass is 10.1. The van der Waals surface area contributed by atoms with Crippen molar-refractivity contribution in [2.45, 2.75) is 13.5 Å². The van der Waals surface area contributed by atoms with Gasteiger partial charge in [0.2, 0.25) is 0 Å². The van der Waals surface area contributed by atoms with Gasteiger partial charge in [0, 0.05) is 17.1 Å². The summed E-state index contributed by atoms with van der Waals surface area (Å²) < 4.78 is 6.39. The molecule has 1 heterocycles. The number of halogens is 2. The SMILES string of the molecule is CCNCc1cc(-c2occc2Br)ccc1Cl. The van der Waals surface area contributed by atoms with Gasteiger partial charge in [-0.3, -0.25) is 0 Å². The van der Waals surface area contributed by atoms with Crippen molar-refractivity contribution in [1.29, 1.82) is 0 Å². The van der Waals surface area contributed by atoms with Crippen LogP contribution in [0.25, 0.3) is 11.3 Å². The first-order valence-corrected chi connectivity index (χ1v) is 6.62. The van der Waals surface area contributed by atoms with E-state index in [1.807, 2.05) is 18.2 Å². The highest BCUT2D eigenvalue weighted by Crippen LogP contribution is 2.31. The van der Waals surface area contributed by atoms with E-state index in [0.29, 0.717) is 0 Å². The van der Waals surface area contributed by atoms with Crippen molar-refractivity contribution in [3.63, 3.8) is 0 Å². The second-order valence-electron chi connectivity index (χ2n) is 3.68. The van der Waals surface area contributed by atoms with Crippen molar-refractivity contribution in [2.75, 3.05) is 6.54 Å². The summed E-state index contributed by atoms with van der Waals surface area (Å²) in [6.45, 7) is 3.76. The third-order valence-corrected chi connectivity index (χ3v) is 3.48. The molecule has 0 aliphatic carbocycles. The standard InChI is InChI=1S/C13H13BrClNO/c1-2-16-8-10-7-9(3-4-12(10)15)13-11(14)5-6-17-13/h3-7,16H,2,8H2,1H3. The maximum absolute atomic E-state index is 6.15. The average Bonchev–Trinajstić information content (AvgIpc) is 2.75. The van der Waals surface area contributed by atoms with Gasteiger partial charge in [-0.15, -0.1) is 0 Å². The minimum Gasteiger partial charge on any atom is -0.463 e. The summed E-state index contributed by atoms with van der Waals surface area (Å²) in [7, 11) is 0. The molecule has 1 aromatic carbocycles. The first kappa shape index (κ1) is 12.7. The molecule has 1 N–H and O–H groups in total. The summed E-state index contributed by atoms with van der Waals surface area (Å²) >= 11 is 9.61. The van der Waals surface area contributed by atoms with E-state index in [1.165, 1.54) is 0 Å². The highest BCUT2D eigenvalue weighted by molar-refractivity contribution is 9.10. The topological polar surface area (TPSA) is 25.2 Å². The second-order valence-corrected chi connectivity index (χ2v) is 4.95. The molecule has 0 unspecified atom stereocenters. The van der Waals surface area contributed by atoms with Gasteiger partial charge >= 0.3 is 0 Å². The predicted octanol–water partition coefficient (Wildman–Crippen LogP) is 4.47. The van der Waals surface area contributed by atoms with E-state index in [2.05, 4.69) is 34.2 Å². The van der Waals surface area contributed by atoms with Crippen molar-refractivity contribution in [3.8, 4) is 11.3 Å². The number of rotatable bonds is 4. The highest BCUT2D eigenvalue weighted by atomic mass is 79.9. The molecule has 0 bridgehead atoms. The zero-order valence-corrected chi connectivity index (χ0v) is 11.8. The molecule has 0 amide bonds. The quantitative estimate of drug-likeness (QED) is 0.900. The Hall–Kier alpha value is -0.770. The Kier molecular flexibility index (Phi) is 4.26. The van der Waals surface area contributed by atoms with Crippen LogP contribution in [0.5, 0.6) is 0 Å². The van der Waals surface area contributed by atoms with Crippen LogP contribution in [0.4, 0.5) is 0 Å². The fourth-order valence-electron chi connectivity index (χ4n) is 1.61. The molecule has 0 saturated heterocycles. The summed E-state index contributed by atoms with van der Waals surface area (Å²) in [5.41, 5.74) is 2.11. The van der Waals surface area contributed by atoms with Crippen LogP contribution >= 0.6 is 27.5 Å². The van der Waals surface area contributed by atoms with E-state index in [1.54, 1.807) is 6.26 Å². The van der Waals surface area contributed by atoms with Gasteiger partial charge < -0.3 is 9.73 Å². The van der Waals surface area contributed by atoms with Crippen molar-refractivity contribution < 1.29 is 4.42 Å². The number of benzene rings is 1. The fraction of sp³-hybridized carbons (Fsp3) is 0.231. The molecule has 2 nitrogen and oxygen atoms in total. The Morgan fingerprint density at radius 1 is 1.35 bits per heavy atom. The zero-order chi connectivity index (χ0) is 12.3. The molecule has 0 aliphatic rings. The van der Waals surface area contributed by atoms with Gasteiger partial charge in [-0.25, -0.2) is 0 Å². The first-order chi connectivity index (χ1) is 8.22. The number of nitrogens with one attached hydrogen (secondary N) is 1. The average molecular weight is 315 g/mol. The van der Waals surface area contributed by atoms with Gasteiger partial charge in [0.25, 0.3) is 0 Å². The largest absolute Gasteiger partial charge is 0.463 e. The van der Waals surface area contributed by atoms with Gasteiger partial charge in [-0.1, -0.05) is 18.5 Å². The minimum absolute atomic E-state index is 0.765. The van der Waals surface area contributed by atoms with Crippen LogP contribution in [-0.4, -0.2) is 6.54 Å². The zero-order valence-electron chi connectivity index (χ0n) is 9.47. The Bertz CT molecular complexity index is 510. The van der Waals surface area contributed by atoms with Crippen LogP contribution in [0.15, 0.2) is 39.4 Å². The summed E-state index contributed by atoms with van der Waals surface area (Å²) in [6, 6.07) is 7.79. The lowest BCUT2D eigenvalue weighted by molar-refractivity contribution is 0.581. The molecule has 0 aliphatic heterocycles. The molecule has 0 atom stereocenters. The van der Waals surface area contributed by atoms with Crippen molar-refractivity contribution in [3.05, 3.63) is 45.6 Å². The molecule has 0 fully saturated rings. The van der Waals surface area contributed by atoms with E-state index in [4.69, 9.17) is 16.0 Å². The third kappa shape index (κ3) is 2.92. The molecule has 0 saturated carbocycles. The first-order valence-electron chi connectivity index (χ1n) is 5.45. The van der Waals surface area contributed by atoms with Crippen LogP contribution in [-0.2, 0) is 6.54 Å². The van der Waals surface area contributed by atoms with Crippen LogP contribution in [0.2, 0.25) is 5.02 Å². The van der Waals surface area contributed by atoms with Crippen LogP contribution < -0.4 is 5.32 Å². The van der Waals surface area contributed by atoms with E-state index in [0.717, 1.165) is 39.5 Å². The Morgan fingerprint density at radius 3 is 2.82 bits per heavy atom. The van der Waals surface area contributed by atoms with Crippen molar-refractivity contribution >= 4 is 27.5 Å². The molecular weight excluding hydrogens is 302 g/mol. The van der Waals surface area contributed by atoms with E-state index >= 15 is 0 Å². The third-order valence-electron chi connectivity index (χ3n) is 2.49. The molecule has 2 rings (SSSR count). The summed E-state index contributed by atoms with van der Waals surface area (Å²) in [5, 5.41) is 4.04. The second kappa shape index (κ2) is 5.71. The molecule has 17 heavy (non-hydrogen) atoms. The Morgan fingerprint density at radius 2 is 2.18 bits per heavy atom. The van der Waals surface area contributed by atoms with Gasteiger partial charge in [0.15, 0.2) is 0 Å². The smallest absolute Gasteiger partial charge is 0.148 e. The van der Waals surface area contributed by atoms with Crippen molar-refractivity contribution in [2.24, 2.45) is 0 Å². The lowest BCUT2D eigenvalue weighted by Crippen LogP contribution is -2.12. The molecule has 4 heteroatoms. The summed E-state index contributed by atoms with van der Waals surface area (Å²) in [5.74, 6) is 0.833. The van der Waals surface area contributed by atoms with E-state index < -0.39 is 0 Å². The number of furan rings is 1. The summed E-state index contributed by atoms with van der Waals surface area (Å²) in [4.78, 5) is 0. The van der Waals surface area contributed by atoms with E-state index in [9.17, 15) is 0 Å². The Balaban J connectivity index is 2.34. The Labute approximate surface area is 114 Å². The molecular formula is C13H13BrClNO. The highest BCUT2D eigenvalue weighted by Gasteiger charge is 2.09. The fourth-order valence-corrected chi connectivity index (χ4v) is 2.23. The number of hydrogen-bond donors (Lipinski definition) is 1. The predicted molar refractivity (Wildman–Crippen MR) is 74.2 cm³/mol. The van der Waals surface area contributed by atoms with Gasteiger partial charge in [0.05, 0.1) is 10.7 Å². The van der Waals surface area contributed by atoms with E-state index in [-0.39, 0.29) is 0 Å². The van der Waals surface area contributed by atoms with Crippen LogP contribution in [0, 0.1) is 0 Å². The normalized spacial score (nSPS) is 10.8. The van der Waals surface area contributed by atoms with Gasteiger partial charge in [-0.05, 0) is 52.3 Å². The molecule has 1 aromatic heterocycles. The summed E-state index contributed by atoms with van der Waals surface area (Å²) in [6.07, 6.45) is 1.66. The monoisotopic (exact) mass is 313 g/mol. The number of hydrogen-bond acceptors (Lipinski definition) is 2. The van der Waals surface area contributed by atoms with Crippen LogP contribution in [0.1, 0.15) is 12.5 Å². The van der Waals surface area contributed by atoms with Gasteiger partial charge in [-0.2, -0.15) is 0 Å². The lowest BCUT2D eigenvalue weighted by Gasteiger charge is -2.07. The van der Waals surface area contributed by atoms with Gasteiger partial charge in [0.1, 0.15) is 5.76 Å².